The predicted molar refractivity (Wildman–Crippen MR) is 112 cm³/mol. The summed E-state index contributed by atoms with van der Waals surface area (Å²) in [4.78, 5) is 17.1. The first-order valence-corrected chi connectivity index (χ1v) is 12.7. The minimum Gasteiger partial charge on any atom is -0.543 e. The number of carbonyl (C=O) groups is 1. The molecule has 0 saturated carbocycles. The number of hydrogen-bond donors (Lipinski definition) is 1. The molecule has 0 unspecified atom stereocenters. The Labute approximate surface area is 163 Å². The zero-order chi connectivity index (χ0) is 19.0. The van der Waals surface area contributed by atoms with E-state index in [2.05, 4.69) is 60.1 Å². The fourth-order valence-electron chi connectivity index (χ4n) is 2.09. The van der Waals surface area contributed by atoms with Crippen molar-refractivity contribution in [1.82, 2.24) is 4.98 Å². The van der Waals surface area contributed by atoms with Gasteiger partial charge in [0.15, 0.2) is 3.92 Å². The summed E-state index contributed by atoms with van der Waals surface area (Å²) in [5.74, 6) is 0.692. The van der Waals surface area contributed by atoms with Crippen molar-refractivity contribution in [2.24, 2.45) is 0 Å². The van der Waals surface area contributed by atoms with Crippen molar-refractivity contribution in [1.29, 1.82) is 0 Å². The van der Waals surface area contributed by atoms with Gasteiger partial charge in [0.2, 0.25) is 8.32 Å². The van der Waals surface area contributed by atoms with E-state index in [0.29, 0.717) is 8.79 Å². The van der Waals surface area contributed by atoms with Crippen LogP contribution < -0.4 is 9.74 Å². The van der Waals surface area contributed by atoms with Gasteiger partial charge in [-0.25, -0.2) is 4.98 Å². The second kappa shape index (κ2) is 7.21. The lowest BCUT2D eigenvalue weighted by Crippen LogP contribution is -2.44. The van der Waals surface area contributed by atoms with E-state index in [1.807, 2.05) is 26.0 Å². The highest BCUT2D eigenvalue weighted by atomic mass is 79.9. The SMILES string of the molecule is Cc1ccc(O[Si](C)(C)C(C)(C)C)c(C)c1NC(=O)c1cnc(Br)s1. The summed E-state index contributed by atoms with van der Waals surface area (Å²) < 4.78 is 7.15. The van der Waals surface area contributed by atoms with Gasteiger partial charge in [-0.1, -0.05) is 26.8 Å². The molecule has 7 heteroatoms. The molecule has 0 aliphatic carbocycles. The predicted octanol–water partition coefficient (Wildman–Crippen LogP) is 6.16. The standard InChI is InChI=1S/C18H25BrN2O2SSi/c1-11-8-9-13(23-25(6,7)18(3,4)5)12(2)15(11)21-16(22)14-10-20-17(19)24-14/h8-10H,1-7H3,(H,21,22). The van der Waals surface area contributed by atoms with E-state index in [1.54, 1.807) is 6.20 Å². The van der Waals surface area contributed by atoms with Gasteiger partial charge in [0, 0.05) is 5.56 Å². The van der Waals surface area contributed by atoms with E-state index in [4.69, 9.17) is 4.43 Å². The van der Waals surface area contributed by atoms with E-state index < -0.39 is 8.32 Å². The average Bonchev–Trinajstić information content (AvgIpc) is 2.92. The van der Waals surface area contributed by atoms with Crippen molar-refractivity contribution in [3.05, 3.63) is 38.3 Å². The highest BCUT2D eigenvalue weighted by Gasteiger charge is 2.39. The number of thiazole rings is 1. The van der Waals surface area contributed by atoms with Crippen molar-refractivity contribution >= 4 is 47.2 Å². The summed E-state index contributed by atoms with van der Waals surface area (Å²) >= 11 is 4.60. The Morgan fingerprint density at radius 2 is 1.92 bits per heavy atom. The van der Waals surface area contributed by atoms with Crippen molar-refractivity contribution in [3.63, 3.8) is 0 Å². The minimum absolute atomic E-state index is 0.114. The molecule has 25 heavy (non-hydrogen) atoms. The first kappa shape index (κ1) is 20.1. The molecule has 4 nitrogen and oxygen atoms in total. The average molecular weight is 441 g/mol. The van der Waals surface area contributed by atoms with Gasteiger partial charge in [0.1, 0.15) is 10.6 Å². The van der Waals surface area contributed by atoms with Crippen LogP contribution in [0.2, 0.25) is 18.1 Å². The van der Waals surface area contributed by atoms with Crippen molar-refractivity contribution in [2.45, 2.75) is 52.8 Å². The third-order valence-corrected chi connectivity index (χ3v) is 10.6. The van der Waals surface area contributed by atoms with E-state index in [1.165, 1.54) is 11.3 Å². The highest BCUT2D eigenvalue weighted by molar-refractivity contribution is 9.11. The second-order valence-corrected chi connectivity index (χ2v) is 14.7. The number of aryl methyl sites for hydroxylation is 1. The lowest BCUT2D eigenvalue weighted by atomic mass is 10.1. The lowest BCUT2D eigenvalue weighted by molar-refractivity contribution is 0.103. The topological polar surface area (TPSA) is 51.2 Å². The number of nitrogens with one attached hydrogen (secondary N) is 1. The molecule has 0 bridgehead atoms. The summed E-state index contributed by atoms with van der Waals surface area (Å²) in [5.41, 5.74) is 2.78. The number of benzene rings is 1. The summed E-state index contributed by atoms with van der Waals surface area (Å²) in [7, 11) is -1.94. The number of hydrogen-bond acceptors (Lipinski definition) is 4. The van der Waals surface area contributed by atoms with Gasteiger partial charge in [-0.3, -0.25) is 4.79 Å². The maximum Gasteiger partial charge on any atom is 0.267 e. The van der Waals surface area contributed by atoms with Crippen LogP contribution in [0.5, 0.6) is 5.75 Å². The molecular weight excluding hydrogens is 416 g/mol. The molecule has 1 amide bonds. The molecule has 0 aliphatic rings. The molecule has 2 aromatic rings. The smallest absolute Gasteiger partial charge is 0.267 e. The summed E-state index contributed by atoms with van der Waals surface area (Å²) in [6, 6.07) is 4.00. The Balaban J connectivity index is 2.32. The van der Waals surface area contributed by atoms with E-state index in [-0.39, 0.29) is 10.9 Å². The summed E-state index contributed by atoms with van der Waals surface area (Å²) in [6.07, 6.45) is 1.57. The third kappa shape index (κ3) is 4.51. The molecule has 0 saturated heterocycles. The Bertz CT molecular complexity index is 797. The number of rotatable bonds is 4. The van der Waals surface area contributed by atoms with Crippen LogP contribution in [-0.4, -0.2) is 19.2 Å². The van der Waals surface area contributed by atoms with Crippen molar-refractivity contribution in [2.75, 3.05) is 5.32 Å². The first-order chi connectivity index (χ1) is 11.4. The number of anilines is 1. The maximum atomic E-state index is 12.5. The van der Waals surface area contributed by atoms with Crippen LogP contribution in [0.15, 0.2) is 22.2 Å². The quantitative estimate of drug-likeness (QED) is 0.578. The minimum atomic E-state index is -1.94. The van der Waals surface area contributed by atoms with E-state index in [9.17, 15) is 4.79 Å². The van der Waals surface area contributed by atoms with Gasteiger partial charge in [-0.05, 0) is 59.5 Å². The highest BCUT2D eigenvalue weighted by Crippen LogP contribution is 2.39. The van der Waals surface area contributed by atoms with Crippen LogP contribution in [0.4, 0.5) is 5.69 Å². The summed E-state index contributed by atoms with van der Waals surface area (Å²) in [5, 5.41) is 3.13. The van der Waals surface area contributed by atoms with E-state index in [0.717, 1.165) is 22.6 Å². The van der Waals surface area contributed by atoms with Gasteiger partial charge in [-0.15, -0.1) is 11.3 Å². The van der Waals surface area contributed by atoms with Crippen LogP contribution in [0.3, 0.4) is 0 Å². The molecule has 1 aromatic heterocycles. The zero-order valence-corrected chi connectivity index (χ0v) is 19.2. The molecule has 0 radical (unpaired) electrons. The molecule has 0 spiro atoms. The van der Waals surface area contributed by atoms with Gasteiger partial charge in [0.05, 0.1) is 11.9 Å². The van der Waals surface area contributed by atoms with Gasteiger partial charge < -0.3 is 9.74 Å². The number of aromatic nitrogens is 1. The molecule has 0 fully saturated rings. The number of nitrogens with zero attached hydrogens (tertiary/aromatic N) is 1. The molecule has 1 N–H and O–H groups in total. The van der Waals surface area contributed by atoms with Gasteiger partial charge in [0.25, 0.3) is 5.91 Å². The Morgan fingerprint density at radius 1 is 1.28 bits per heavy atom. The third-order valence-electron chi connectivity index (χ3n) is 4.73. The first-order valence-electron chi connectivity index (χ1n) is 8.14. The Morgan fingerprint density at radius 3 is 2.44 bits per heavy atom. The van der Waals surface area contributed by atoms with Gasteiger partial charge in [-0.2, -0.15) is 0 Å². The fraction of sp³-hybridized carbons (Fsp3) is 0.444. The van der Waals surface area contributed by atoms with Crippen molar-refractivity contribution in [3.8, 4) is 5.75 Å². The van der Waals surface area contributed by atoms with Crippen LogP contribution in [0.25, 0.3) is 0 Å². The molecule has 0 atom stereocenters. The molecule has 136 valence electrons. The van der Waals surface area contributed by atoms with Crippen LogP contribution >= 0.6 is 27.3 Å². The largest absolute Gasteiger partial charge is 0.543 e. The van der Waals surface area contributed by atoms with Crippen LogP contribution in [0.1, 0.15) is 41.6 Å². The Hall–Kier alpha value is -1.18. The maximum absolute atomic E-state index is 12.5. The number of halogens is 1. The van der Waals surface area contributed by atoms with Gasteiger partial charge >= 0.3 is 0 Å². The van der Waals surface area contributed by atoms with Crippen LogP contribution in [0, 0.1) is 13.8 Å². The van der Waals surface area contributed by atoms with E-state index >= 15 is 0 Å². The molecular formula is C18H25BrN2O2SSi. The lowest BCUT2D eigenvalue weighted by Gasteiger charge is -2.37. The number of amides is 1. The monoisotopic (exact) mass is 440 g/mol. The second-order valence-electron chi connectivity index (χ2n) is 7.67. The zero-order valence-electron chi connectivity index (χ0n) is 15.8. The normalized spacial score (nSPS) is 12.2. The molecule has 1 heterocycles. The fourth-order valence-corrected chi connectivity index (χ4v) is 4.33. The molecule has 2 rings (SSSR count). The number of carbonyl (C=O) groups excluding carboxylic acids is 1. The molecule has 0 aliphatic heterocycles. The molecule has 1 aromatic carbocycles. The van der Waals surface area contributed by atoms with Crippen LogP contribution in [-0.2, 0) is 0 Å². The summed E-state index contributed by atoms with van der Waals surface area (Å²) in [6.45, 7) is 15.1. The van der Waals surface area contributed by atoms with Crippen molar-refractivity contribution < 1.29 is 9.22 Å². The Kier molecular flexibility index (Phi) is 5.80.